The van der Waals surface area contributed by atoms with E-state index in [2.05, 4.69) is 16.9 Å². The van der Waals surface area contributed by atoms with Crippen molar-refractivity contribution in [3.05, 3.63) is 78.0 Å². The molecule has 39 heavy (non-hydrogen) atoms. The quantitative estimate of drug-likeness (QED) is 0.183. The highest BCUT2D eigenvalue weighted by atomic mass is 19.4. The number of benzene rings is 2. The van der Waals surface area contributed by atoms with Gasteiger partial charge in [-0.05, 0) is 54.4 Å². The van der Waals surface area contributed by atoms with Crippen molar-refractivity contribution in [3.63, 3.8) is 0 Å². The average molecular weight is 537 g/mol. The van der Waals surface area contributed by atoms with Crippen molar-refractivity contribution in [3.8, 4) is 28.3 Å². The lowest BCUT2D eigenvalue weighted by molar-refractivity contribution is -0.137. The fourth-order valence-electron chi connectivity index (χ4n) is 4.42. The maximum atomic E-state index is 13.1. The number of aromatic carboxylic acids is 1. The second kappa shape index (κ2) is 12.7. The number of hydrogen-bond acceptors (Lipinski definition) is 4. The van der Waals surface area contributed by atoms with Crippen LogP contribution in [0.2, 0.25) is 0 Å². The zero-order valence-electron chi connectivity index (χ0n) is 21.8. The molecule has 0 fully saturated rings. The average Bonchev–Trinajstić information content (AvgIpc) is 2.93. The molecule has 4 rings (SSSR count). The molecule has 0 amide bonds. The van der Waals surface area contributed by atoms with Gasteiger partial charge in [0.15, 0.2) is 0 Å². The van der Waals surface area contributed by atoms with E-state index in [4.69, 9.17) is 4.74 Å². The Hall–Kier alpha value is -3.94. The fourth-order valence-corrected chi connectivity index (χ4v) is 4.42. The summed E-state index contributed by atoms with van der Waals surface area (Å²) in [5.74, 6) is -0.529. The number of ether oxygens (including phenoxy) is 1. The molecule has 0 atom stereocenters. The topological polar surface area (TPSA) is 72.3 Å². The molecule has 5 nitrogen and oxygen atoms in total. The third kappa shape index (κ3) is 7.34. The molecule has 2 heterocycles. The minimum absolute atomic E-state index is 0.0769. The molecule has 0 saturated carbocycles. The van der Waals surface area contributed by atoms with Crippen LogP contribution >= 0.6 is 0 Å². The van der Waals surface area contributed by atoms with Gasteiger partial charge in [0, 0.05) is 17.1 Å². The van der Waals surface area contributed by atoms with E-state index < -0.39 is 17.7 Å². The van der Waals surface area contributed by atoms with Crippen LogP contribution < -0.4 is 4.74 Å². The van der Waals surface area contributed by atoms with Gasteiger partial charge < -0.3 is 9.84 Å². The minimum Gasteiger partial charge on any atom is -0.494 e. The van der Waals surface area contributed by atoms with E-state index in [1.165, 1.54) is 50.7 Å². The summed E-state index contributed by atoms with van der Waals surface area (Å²) in [6, 6.07) is 15.4. The van der Waals surface area contributed by atoms with Crippen LogP contribution in [0.4, 0.5) is 13.2 Å². The first-order valence-electron chi connectivity index (χ1n) is 13.2. The smallest absolute Gasteiger partial charge is 0.416 e. The zero-order chi connectivity index (χ0) is 27.8. The second-order valence-electron chi connectivity index (χ2n) is 9.52. The number of rotatable bonds is 12. The molecular formula is C31H31F3N2O3. The van der Waals surface area contributed by atoms with Gasteiger partial charge in [-0.3, -0.25) is 4.98 Å². The number of hydrogen-bond donors (Lipinski definition) is 1. The summed E-state index contributed by atoms with van der Waals surface area (Å²) in [6.07, 6.45) is 5.69. The number of unbranched alkanes of at least 4 members (excludes halogenated alkanes) is 6. The third-order valence-corrected chi connectivity index (χ3v) is 6.60. The van der Waals surface area contributed by atoms with Gasteiger partial charge in [0.05, 0.1) is 34.6 Å². The van der Waals surface area contributed by atoms with Crippen molar-refractivity contribution in [2.45, 2.75) is 58.0 Å². The van der Waals surface area contributed by atoms with Crippen LogP contribution in [0.15, 0.2) is 66.9 Å². The predicted molar refractivity (Wildman–Crippen MR) is 146 cm³/mol. The van der Waals surface area contributed by atoms with Crippen LogP contribution in [0.5, 0.6) is 5.75 Å². The van der Waals surface area contributed by atoms with Gasteiger partial charge in [-0.15, -0.1) is 0 Å². The normalized spacial score (nSPS) is 11.6. The predicted octanol–water partition coefficient (Wildman–Crippen LogP) is 8.81. The summed E-state index contributed by atoms with van der Waals surface area (Å²) in [6.45, 7) is 2.91. The van der Waals surface area contributed by atoms with E-state index in [1.54, 1.807) is 12.3 Å². The van der Waals surface area contributed by atoms with Gasteiger partial charge >= 0.3 is 12.1 Å². The van der Waals surface area contributed by atoms with Crippen LogP contribution in [-0.4, -0.2) is 27.7 Å². The Bertz CT molecular complexity index is 1400. The Morgan fingerprint density at radius 1 is 0.846 bits per heavy atom. The Kier molecular flexibility index (Phi) is 9.17. The number of carboxylic acid groups (broad SMARTS) is 1. The highest BCUT2D eigenvalue weighted by Crippen LogP contribution is 2.33. The van der Waals surface area contributed by atoms with E-state index in [-0.39, 0.29) is 22.2 Å². The number of halogens is 3. The van der Waals surface area contributed by atoms with E-state index in [0.717, 1.165) is 35.4 Å². The molecule has 0 aliphatic rings. The number of nitrogens with zero attached hydrogens (tertiary/aromatic N) is 2. The first-order valence-corrected chi connectivity index (χ1v) is 13.2. The van der Waals surface area contributed by atoms with Crippen molar-refractivity contribution in [2.24, 2.45) is 0 Å². The van der Waals surface area contributed by atoms with Crippen LogP contribution in [-0.2, 0) is 6.18 Å². The van der Waals surface area contributed by atoms with Gasteiger partial charge in [0.1, 0.15) is 5.75 Å². The van der Waals surface area contributed by atoms with E-state index in [0.29, 0.717) is 12.3 Å². The summed E-state index contributed by atoms with van der Waals surface area (Å²) in [7, 11) is 0. The van der Waals surface area contributed by atoms with Gasteiger partial charge in [0.2, 0.25) is 0 Å². The number of fused-ring (bicyclic) bond motifs is 1. The molecule has 1 N–H and O–H groups in total. The molecule has 0 saturated heterocycles. The SMILES string of the molecule is CCCCCCCCCOc1ccc(-c2ccc(-c3cc(C(=O)O)c4cc(C(F)(F)F)ccc4n3)nc2)cc1. The number of pyridine rings is 2. The summed E-state index contributed by atoms with van der Waals surface area (Å²) in [5, 5.41) is 9.57. The van der Waals surface area contributed by atoms with Gasteiger partial charge in [-0.25, -0.2) is 9.78 Å². The highest BCUT2D eigenvalue weighted by molar-refractivity contribution is 6.03. The van der Waals surface area contributed by atoms with Crippen molar-refractivity contribution >= 4 is 16.9 Å². The molecule has 0 unspecified atom stereocenters. The maximum absolute atomic E-state index is 13.1. The highest BCUT2D eigenvalue weighted by Gasteiger charge is 2.31. The lowest BCUT2D eigenvalue weighted by atomic mass is 10.0. The largest absolute Gasteiger partial charge is 0.494 e. The summed E-state index contributed by atoms with van der Waals surface area (Å²) in [5.41, 5.74) is 1.43. The van der Waals surface area contributed by atoms with Crippen LogP contribution in [0.1, 0.15) is 67.8 Å². The Balaban J connectivity index is 1.43. The third-order valence-electron chi connectivity index (χ3n) is 6.60. The van der Waals surface area contributed by atoms with Crippen LogP contribution in [0.3, 0.4) is 0 Å². The molecule has 0 aliphatic carbocycles. The Morgan fingerprint density at radius 2 is 1.54 bits per heavy atom. The molecule has 0 spiro atoms. The molecule has 8 heteroatoms. The van der Waals surface area contributed by atoms with E-state index >= 15 is 0 Å². The summed E-state index contributed by atoms with van der Waals surface area (Å²) < 4.78 is 45.3. The summed E-state index contributed by atoms with van der Waals surface area (Å²) in [4.78, 5) is 20.7. The van der Waals surface area contributed by atoms with E-state index in [1.807, 2.05) is 30.3 Å². The lowest BCUT2D eigenvalue weighted by Gasteiger charge is -2.11. The molecule has 2 aromatic carbocycles. The fraction of sp³-hybridized carbons (Fsp3) is 0.323. The molecule has 4 aromatic rings. The number of alkyl halides is 3. The number of carbonyl (C=O) groups is 1. The van der Waals surface area contributed by atoms with Crippen LogP contribution in [0, 0.1) is 0 Å². The zero-order valence-corrected chi connectivity index (χ0v) is 21.8. The molecule has 2 aromatic heterocycles. The maximum Gasteiger partial charge on any atom is 0.416 e. The first kappa shape index (κ1) is 28.1. The lowest BCUT2D eigenvalue weighted by Crippen LogP contribution is -2.06. The number of carboxylic acids is 1. The van der Waals surface area contributed by atoms with Gasteiger partial charge in [-0.2, -0.15) is 13.2 Å². The van der Waals surface area contributed by atoms with Gasteiger partial charge in [0.25, 0.3) is 0 Å². The molecule has 0 radical (unpaired) electrons. The monoisotopic (exact) mass is 536 g/mol. The Morgan fingerprint density at radius 3 is 2.18 bits per heavy atom. The van der Waals surface area contributed by atoms with Crippen molar-refractivity contribution < 1.29 is 27.8 Å². The van der Waals surface area contributed by atoms with Gasteiger partial charge in [-0.1, -0.05) is 63.6 Å². The number of aromatic nitrogens is 2. The van der Waals surface area contributed by atoms with E-state index in [9.17, 15) is 23.1 Å². The first-order chi connectivity index (χ1) is 18.8. The molecular weight excluding hydrogens is 505 g/mol. The van der Waals surface area contributed by atoms with Crippen molar-refractivity contribution in [1.29, 1.82) is 0 Å². The molecule has 0 bridgehead atoms. The molecule has 204 valence electrons. The summed E-state index contributed by atoms with van der Waals surface area (Å²) >= 11 is 0. The van der Waals surface area contributed by atoms with Crippen molar-refractivity contribution in [2.75, 3.05) is 6.61 Å². The molecule has 0 aliphatic heterocycles. The van der Waals surface area contributed by atoms with Crippen molar-refractivity contribution in [1.82, 2.24) is 9.97 Å². The minimum atomic E-state index is -4.59. The van der Waals surface area contributed by atoms with Crippen LogP contribution in [0.25, 0.3) is 33.4 Å². The second-order valence-corrected chi connectivity index (χ2v) is 9.52. The Labute approximate surface area is 225 Å². The standard InChI is InChI=1S/C31H31F3N2O3/c1-2-3-4-5-6-7-8-17-39-24-13-9-21(10-14-24)22-11-15-28(35-20-22)29-19-26(30(37)38)25-18-23(31(32,33)34)12-16-27(25)36-29/h9-16,18-20H,2-8,17H2,1H3,(H,37,38).